The van der Waals surface area contributed by atoms with E-state index in [2.05, 4.69) is 10.1 Å². The number of nitro benzene ring substituents is 1. The lowest BCUT2D eigenvalue weighted by atomic mass is 10.1. The molecule has 0 spiro atoms. The number of non-ortho nitro benzene ring substituents is 1. The SMILES string of the molecule is COC(=O)c1cc(-c2cccc([N+](=O)[O-])c2)nc2cc(-c3ccc(F)cc3)nn12. The largest absolute Gasteiger partial charge is 0.464 e. The second-order valence-corrected chi connectivity index (χ2v) is 6.13. The average Bonchev–Trinajstić information content (AvgIpc) is 3.17. The molecule has 0 unspecified atom stereocenters. The average molecular weight is 392 g/mol. The maximum Gasteiger partial charge on any atom is 0.356 e. The van der Waals surface area contributed by atoms with Crippen LogP contribution in [0.3, 0.4) is 0 Å². The normalized spacial score (nSPS) is 10.8. The van der Waals surface area contributed by atoms with Crippen molar-refractivity contribution in [2.75, 3.05) is 7.11 Å². The fraction of sp³-hybridized carbons (Fsp3) is 0.0500. The number of hydrogen-bond acceptors (Lipinski definition) is 6. The second kappa shape index (κ2) is 7.12. The maximum atomic E-state index is 13.2. The molecule has 2 aromatic carbocycles. The Morgan fingerprint density at radius 3 is 2.52 bits per heavy atom. The van der Waals surface area contributed by atoms with E-state index in [0.29, 0.717) is 28.2 Å². The first kappa shape index (κ1) is 18.2. The molecule has 0 N–H and O–H groups in total. The van der Waals surface area contributed by atoms with Crippen LogP contribution in [0.15, 0.2) is 60.7 Å². The number of carbonyl (C=O) groups is 1. The Hall–Kier alpha value is -4.14. The van der Waals surface area contributed by atoms with Crippen LogP contribution in [0, 0.1) is 15.9 Å². The van der Waals surface area contributed by atoms with Gasteiger partial charge in [0.2, 0.25) is 0 Å². The third-order valence-electron chi connectivity index (χ3n) is 4.31. The van der Waals surface area contributed by atoms with Crippen LogP contribution in [-0.2, 0) is 4.74 Å². The molecule has 0 aliphatic heterocycles. The van der Waals surface area contributed by atoms with Gasteiger partial charge in [0.25, 0.3) is 5.69 Å². The van der Waals surface area contributed by atoms with E-state index >= 15 is 0 Å². The maximum absolute atomic E-state index is 13.2. The lowest BCUT2D eigenvalue weighted by molar-refractivity contribution is -0.384. The molecule has 2 aromatic heterocycles. The lowest BCUT2D eigenvalue weighted by Gasteiger charge is -2.06. The first-order valence-corrected chi connectivity index (χ1v) is 8.46. The summed E-state index contributed by atoms with van der Waals surface area (Å²) >= 11 is 0. The van der Waals surface area contributed by atoms with Crippen molar-refractivity contribution in [3.8, 4) is 22.5 Å². The van der Waals surface area contributed by atoms with Gasteiger partial charge in [0.05, 0.1) is 23.4 Å². The lowest BCUT2D eigenvalue weighted by Crippen LogP contribution is -2.10. The summed E-state index contributed by atoms with van der Waals surface area (Å²) in [5, 5.41) is 15.5. The number of methoxy groups -OCH3 is 1. The monoisotopic (exact) mass is 392 g/mol. The standard InChI is InChI=1S/C20H13FN4O4/c1-29-20(26)18-10-16(13-3-2-4-15(9-13)25(27)28)22-19-11-17(23-24(18)19)12-5-7-14(21)8-6-12/h2-11H,1H3. The van der Waals surface area contributed by atoms with Crippen molar-refractivity contribution in [3.63, 3.8) is 0 Å². The van der Waals surface area contributed by atoms with Crippen LogP contribution in [0.1, 0.15) is 10.5 Å². The highest BCUT2D eigenvalue weighted by atomic mass is 19.1. The molecule has 4 rings (SSSR count). The predicted octanol–water partition coefficient (Wildman–Crippen LogP) is 3.90. The summed E-state index contributed by atoms with van der Waals surface area (Å²) in [6, 6.07) is 14.8. The molecule has 4 aromatic rings. The van der Waals surface area contributed by atoms with Gasteiger partial charge >= 0.3 is 5.97 Å². The highest BCUT2D eigenvalue weighted by Gasteiger charge is 2.18. The Balaban J connectivity index is 1.91. The molecule has 9 heteroatoms. The third kappa shape index (κ3) is 3.41. The van der Waals surface area contributed by atoms with E-state index in [0.717, 1.165) is 0 Å². The summed E-state index contributed by atoms with van der Waals surface area (Å²) in [5.41, 5.74) is 2.30. The minimum atomic E-state index is -0.641. The number of halogens is 1. The molecule has 0 radical (unpaired) electrons. The molecule has 0 saturated heterocycles. The Labute approximate surface area is 163 Å². The van der Waals surface area contributed by atoms with Crippen LogP contribution in [0.4, 0.5) is 10.1 Å². The quantitative estimate of drug-likeness (QED) is 0.297. The molecule has 0 aliphatic rings. The van der Waals surface area contributed by atoms with E-state index in [1.165, 1.54) is 48.0 Å². The summed E-state index contributed by atoms with van der Waals surface area (Å²) in [6.07, 6.45) is 0. The van der Waals surface area contributed by atoms with Crippen molar-refractivity contribution in [1.82, 2.24) is 14.6 Å². The summed E-state index contributed by atoms with van der Waals surface area (Å²) in [7, 11) is 1.24. The van der Waals surface area contributed by atoms with Crippen molar-refractivity contribution in [1.29, 1.82) is 0 Å². The van der Waals surface area contributed by atoms with Crippen LogP contribution < -0.4 is 0 Å². The Morgan fingerprint density at radius 2 is 1.83 bits per heavy atom. The zero-order chi connectivity index (χ0) is 20.5. The van der Waals surface area contributed by atoms with Gasteiger partial charge in [0, 0.05) is 29.3 Å². The second-order valence-electron chi connectivity index (χ2n) is 6.13. The molecule has 144 valence electrons. The molecule has 2 heterocycles. The number of nitrogens with zero attached hydrogens (tertiary/aromatic N) is 4. The predicted molar refractivity (Wildman–Crippen MR) is 102 cm³/mol. The number of aromatic nitrogens is 3. The van der Waals surface area contributed by atoms with Crippen molar-refractivity contribution in [2.24, 2.45) is 0 Å². The molecular formula is C20H13FN4O4. The molecule has 0 atom stereocenters. The van der Waals surface area contributed by atoms with Gasteiger partial charge in [-0.2, -0.15) is 5.10 Å². The van der Waals surface area contributed by atoms with Crippen LogP contribution in [0.5, 0.6) is 0 Å². The van der Waals surface area contributed by atoms with Crippen LogP contribution in [0.2, 0.25) is 0 Å². The zero-order valence-electron chi connectivity index (χ0n) is 15.1. The van der Waals surface area contributed by atoms with Crippen LogP contribution in [0.25, 0.3) is 28.2 Å². The minimum absolute atomic E-state index is 0.0932. The number of fused-ring (bicyclic) bond motifs is 1. The highest BCUT2D eigenvalue weighted by molar-refractivity contribution is 5.90. The van der Waals surface area contributed by atoms with E-state index in [1.54, 1.807) is 24.3 Å². The molecule has 8 nitrogen and oxygen atoms in total. The molecule has 0 bridgehead atoms. The van der Waals surface area contributed by atoms with E-state index in [1.807, 2.05) is 0 Å². The van der Waals surface area contributed by atoms with Gasteiger partial charge in [-0.05, 0) is 30.3 Å². The third-order valence-corrected chi connectivity index (χ3v) is 4.31. The summed E-state index contributed by atoms with van der Waals surface area (Å²) < 4.78 is 19.4. The van der Waals surface area contributed by atoms with Crippen molar-refractivity contribution in [3.05, 3.63) is 82.3 Å². The van der Waals surface area contributed by atoms with Gasteiger partial charge in [-0.1, -0.05) is 12.1 Å². The number of rotatable bonds is 4. The summed E-state index contributed by atoms with van der Waals surface area (Å²) in [4.78, 5) is 27.4. The van der Waals surface area contributed by atoms with Crippen molar-refractivity contribution in [2.45, 2.75) is 0 Å². The Kier molecular flexibility index (Phi) is 4.47. The summed E-state index contributed by atoms with van der Waals surface area (Å²) in [5.74, 6) is -1.02. The van der Waals surface area contributed by atoms with Gasteiger partial charge in [-0.25, -0.2) is 18.7 Å². The Morgan fingerprint density at radius 1 is 1.07 bits per heavy atom. The Bertz CT molecular complexity index is 1250. The van der Waals surface area contributed by atoms with Gasteiger partial charge in [0.1, 0.15) is 5.82 Å². The molecule has 0 amide bonds. The van der Waals surface area contributed by atoms with Crippen LogP contribution in [-0.4, -0.2) is 32.6 Å². The van der Waals surface area contributed by atoms with E-state index in [4.69, 9.17) is 4.74 Å². The smallest absolute Gasteiger partial charge is 0.356 e. The molecule has 0 fully saturated rings. The van der Waals surface area contributed by atoms with Crippen LogP contribution >= 0.6 is 0 Å². The minimum Gasteiger partial charge on any atom is -0.464 e. The van der Waals surface area contributed by atoms with Crippen molar-refractivity contribution < 1.29 is 18.8 Å². The fourth-order valence-corrected chi connectivity index (χ4v) is 2.91. The zero-order valence-corrected chi connectivity index (χ0v) is 15.1. The number of nitro groups is 1. The summed E-state index contributed by atoms with van der Waals surface area (Å²) in [6.45, 7) is 0. The van der Waals surface area contributed by atoms with Crippen molar-refractivity contribution >= 4 is 17.3 Å². The van der Waals surface area contributed by atoms with Gasteiger partial charge in [-0.3, -0.25) is 10.1 Å². The van der Waals surface area contributed by atoms with Gasteiger partial charge in [0.15, 0.2) is 11.3 Å². The van der Waals surface area contributed by atoms with E-state index in [-0.39, 0.29) is 17.2 Å². The number of esters is 1. The molecule has 29 heavy (non-hydrogen) atoms. The first-order chi connectivity index (χ1) is 14.0. The number of ether oxygens (including phenoxy) is 1. The topological polar surface area (TPSA) is 99.6 Å². The number of hydrogen-bond donors (Lipinski definition) is 0. The van der Waals surface area contributed by atoms with Gasteiger partial charge in [-0.15, -0.1) is 0 Å². The molecule has 0 saturated carbocycles. The highest BCUT2D eigenvalue weighted by Crippen LogP contribution is 2.26. The fourth-order valence-electron chi connectivity index (χ4n) is 2.91. The van der Waals surface area contributed by atoms with E-state index in [9.17, 15) is 19.3 Å². The first-order valence-electron chi connectivity index (χ1n) is 8.46. The number of carbonyl (C=O) groups excluding carboxylic acids is 1. The molecule has 0 aliphatic carbocycles. The molecular weight excluding hydrogens is 379 g/mol. The van der Waals surface area contributed by atoms with Gasteiger partial charge < -0.3 is 4.74 Å². The van der Waals surface area contributed by atoms with E-state index < -0.39 is 10.9 Å². The number of benzene rings is 2.